The Hall–Kier alpha value is -1.31. The predicted molar refractivity (Wildman–Crippen MR) is 49.7 cm³/mol. The van der Waals surface area contributed by atoms with Gasteiger partial charge in [-0.15, -0.1) is 0 Å². The number of allylic oxidation sites excluding steroid dienone is 5. The van der Waals surface area contributed by atoms with Crippen LogP contribution in [-0.4, -0.2) is 12.6 Å². The highest BCUT2D eigenvalue weighted by Gasteiger charge is 1.89. The van der Waals surface area contributed by atoms with Crippen LogP contribution in [0.5, 0.6) is 0 Å². The summed E-state index contributed by atoms with van der Waals surface area (Å²) in [6.45, 7) is 4.13. The van der Waals surface area contributed by atoms with Crippen molar-refractivity contribution in [3.05, 3.63) is 36.5 Å². The van der Waals surface area contributed by atoms with Crippen LogP contribution < -0.4 is 0 Å². The molecule has 2 nitrogen and oxygen atoms in total. The molecule has 0 saturated heterocycles. The highest BCUT2D eigenvalue weighted by molar-refractivity contribution is 5.82. The van der Waals surface area contributed by atoms with E-state index < -0.39 is 0 Å². The van der Waals surface area contributed by atoms with Gasteiger partial charge in [0.1, 0.15) is 0 Å². The van der Waals surface area contributed by atoms with Crippen molar-refractivity contribution < 1.29 is 9.53 Å². The van der Waals surface area contributed by atoms with Crippen molar-refractivity contribution in [2.45, 2.75) is 13.8 Å². The standard InChI is InChI=1S/C10H14O2/c1-3-5-6-7-8-9-10(11)12-4-2/h3,5-9H,4H2,1-2H3/b5-3-,7-6+,9-8+. The SMILES string of the molecule is C\C=C/C=C/C=C/C(=O)OCC. The Kier molecular flexibility index (Phi) is 6.94. The van der Waals surface area contributed by atoms with Crippen LogP contribution in [0.25, 0.3) is 0 Å². The molecule has 12 heavy (non-hydrogen) atoms. The molecular weight excluding hydrogens is 152 g/mol. The van der Waals surface area contributed by atoms with Crippen LogP contribution in [0.15, 0.2) is 36.5 Å². The van der Waals surface area contributed by atoms with Gasteiger partial charge < -0.3 is 4.74 Å². The van der Waals surface area contributed by atoms with Crippen molar-refractivity contribution in [3.8, 4) is 0 Å². The average molecular weight is 166 g/mol. The minimum atomic E-state index is -0.303. The first-order valence-electron chi connectivity index (χ1n) is 3.94. The van der Waals surface area contributed by atoms with Crippen LogP contribution in [0, 0.1) is 0 Å². The van der Waals surface area contributed by atoms with E-state index in [1.165, 1.54) is 6.08 Å². The van der Waals surface area contributed by atoms with Gasteiger partial charge in [0.05, 0.1) is 6.61 Å². The summed E-state index contributed by atoms with van der Waals surface area (Å²) in [7, 11) is 0. The number of hydrogen-bond acceptors (Lipinski definition) is 2. The molecule has 0 aromatic heterocycles. The summed E-state index contributed by atoms with van der Waals surface area (Å²) in [4.78, 5) is 10.7. The van der Waals surface area contributed by atoms with E-state index in [1.807, 2.05) is 25.2 Å². The maximum Gasteiger partial charge on any atom is 0.330 e. The van der Waals surface area contributed by atoms with Crippen LogP contribution in [-0.2, 0) is 9.53 Å². The van der Waals surface area contributed by atoms with Gasteiger partial charge in [-0.25, -0.2) is 4.79 Å². The van der Waals surface area contributed by atoms with Gasteiger partial charge in [0, 0.05) is 6.08 Å². The molecule has 0 saturated carbocycles. The maximum atomic E-state index is 10.7. The second-order valence-corrected chi connectivity index (χ2v) is 2.02. The fraction of sp³-hybridized carbons (Fsp3) is 0.300. The molecular formula is C10H14O2. The van der Waals surface area contributed by atoms with Crippen LogP contribution >= 0.6 is 0 Å². The molecule has 0 amide bonds. The highest BCUT2D eigenvalue weighted by Crippen LogP contribution is 1.83. The monoisotopic (exact) mass is 166 g/mol. The van der Waals surface area contributed by atoms with E-state index in [-0.39, 0.29) is 5.97 Å². The van der Waals surface area contributed by atoms with Crippen LogP contribution in [0.3, 0.4) is 0 Å². The lowest BCUT2D eigenvalue weighted by Crippen LogP contribution is -1.98. The second-order valence-electron chi connectivity index (χ2n) is 2.02. The molecule has 0 unspecified atom stereocenters. The van der Waals surface area contributed by atoms with E-state index in [1.54, 1.807) is 19.1 Å². The van der Waals surface area contributed by atoms with Crippen LogP contribution in [0.1, 0.15) is 13.8 Å². The van der Waals surface area contributed by atoms with E-state index in [0.717, 1.165) is 0 Å². The normalized spacial score (nSPS) is 11.8. The number of carbonyl (C=O) groups excluding carboxylic acids is 1. The minimum Gasteiger partial charge on any atom is -0.463 e. The van der Waals surface area contributed by atoms with Crippen LogP contribution in [0.4, 0.5) is 0 Å². The van der Waals surface area contributed by atoms with E-state index in [9.17, 15) is 4.79 Å². The van der Waals surface area contributed by atoms with Crippen molar-refractivity contribution in [1.82, 2.24) is 0 Å². The molecule has 0 atom stereocenters. The van der Waals surface area contributed by atoms with Gasteiger partial charge >= 0.3 is 5.97 Å². The quantitative estimate of drug-likeness (QED) is 0.363. The summed E-state index contributed by atoms with van der Waals surface area (Å²) < 4.78 is 4.67. The van der Waals surface area contributed by atoms with E-state index in [2.05, 4.69) is 4.74 Å². The number of esters is 1. The molecule has 0 radical (unpaired) electrons. The fourth-order valence-electron chi connectivity index (χ4n) is 0.564. The smallest absolute Gasteiger partial charge is 0.330 e. The molecule has 66 valence electrons. The zero-order valence-electron chi connectivity index (χ0n) is 7.49. The highest BCUT2D eigenvalue weighted by atomic mass is 16.5. The number of rotatable bonds is 4. The summed E-state index contributed by atoms with van der Waals surface area (Å²) >= 11 is 0. The zero-order chi connectivity index (χ0) is 9.23. The van der Waals surface area contributed by atoms with Crippen molar-refractivity contribution in [2.24, 2.45) is 0 Å². The number of ether oxygens (including phenoxy) is 1. The largest absolute Gasteiger partial charge is 0.463 e. The van der Waals surface area contributed by atoms with Gasteiger partial charge in [-0.2, -0.15) is 0 Å². The second kappa shape index (κ2) is 7.79. The molecule has 0 bridgehead atoms. The zero-order valence-corrected chi connectivity index (χ0v) is 7.49. The summed E-state index contributed by atoms with van der Waals surface area (Å²) in [6, 6.07) is 0. The Balaban J connectivity index is 3.67. The molecule has 0 fully saturated rings. The maximum absolute atomic E-state index is 10.7. The van der Waals surface area contributed by atoms with Crippen molar-refractivity contribution in [1.29, 1.82) is 0 Å². The summed E-state index contributed by atoms with van der Waals surface area (Å²) in [5, 5.41) is 0. The number of carbonyl (C=O) groups is 1. The third-order valence-corrected chi connectivity index (χ3v) is 1.04. The topological polar surface area (TPSA) is 26.3 Å². The Morgan fingerprint density at radius 1 is 1.25 bits per heavy atom. The van der Waals surface area contributed by atoms with E-state index in [4.69, 9.17) is 0 Å². The first-order valence-corrected chi connectivity index (χ1v) is 3.94. The molecule has 0 aromatic carbocycles. The Morgan fingerprint density at radius 3 is 2.50 bits per heavy atom. The van der Waals surface area contributed by atoms with Crippen molar-refractivity contribution >= 4 is 5.97 Å². The first kappa shape index (κ1) is 10.7. The third kappa shape index (κ3) is 6.81. The molecule has 0 aliphatic carbocycles. The Labute approximate surface area is 73.2 Å². The van der Waals surface area contributed by atoms with Gasteiger partial charge in [-0.1, -0.05) is 30.4 Å². The van der Waals surface area contributed by atoms with Gasteiger partial charge in [0.2, 0.25) is 0 Å². The molecule has 0 rings (SSSR count). The lowest BCUT2D eigenvalue weighted by atomic mass is 10.4. The molecule has 0 heterocycles. The van der Waals surface area contributed by atoms with Gasteiger partial charge in [0.15, 0.2) is 0 Å². The van der Waals surface area contributed by atoms with Gasteiger partial charge in [0.25, 0.3) is 0 Å². The minimum absolute atomic E-state index is 0.303. The number of hydrogen-bond donors (Lipinski definition) is 0. The first-order chi connectivity index (χ1) is 5.81. The molecule has 2 heteroatoms. The summed E-state index contributed by atoms with van der Waals surface area (Å²) in [5.74, 6) is -0.303. The molecule has 0 aromatic rings. The van der Waals surface area contributed by atoms with Crippen LogP contribution in [0.2, 0.25) is 0 Å². The summed E-state index contributed by atoms with van der Waals surface area (Å²) in [5.41, 5.74) is 0. The lowest BCUT2D eigenvalue weighted by Gasteiger charge is -1.92. The fourth-order valence-corrected chi connectivity index (χ4v) is 0.564. The van der Waals surface area contributed by atoms with Crippen molar-refractivity contribution in [3.63, 3.8) is 0 Å². The molecule has 0 spiro atoms. The average Bonchev–Trinajstić information content (AvgIpc) is 2.05. The van der Waals surface area contributed by atoms with E-state index in [0.29, 0.717) is 6.61 Å². The lowest BCUT2D eigenvalue weighted by molar-refractivity contribution is -0.137. The molecule has 0 aliphatic heterocycles. The summed E-state index contributed by atoms with van der Waals surface area (Å²) in [6.07, 6.45) is 10.5. The van der Waals surface area contributed by atoms with E-state index >= 15 is 0 Å². The van der Waals surface area contributed by atoms with Gasteiger partial charge in [-0.3, -0.25) is 0 Å². The Morgan fingerprint density at radius 2 is 1.92 bits per heavy atom. The molecule has 0 aliphatic rings. The molecule has 0 N–H and O–H groups in total. The van der Waals surface area contributed by atoms with Crippen molar-refractivity contribution in [2.75, 3.05) is 6.61 Å². The Bertz CT molecular complexity index is 200. The van der Waals surface area contributed by atoms with Gasteiger partial charge in [-0.05, 0) is 13.8 Å². The third-order valence-electron chi connectivity index (χ3n) is 1.04. The predicted octanol–water partition coefficient (Wildman–Crippen LogP) is 2.24.